The Morgan fingerprint density at radius 3 is 2.83 bits per heavy atom. The van der Waals surface area contributed by atoms with Gasteiger partial charge in [-0.2, -0.15) is 0 Å². The predicted octanol–water partition coefficient (Wildman–Crippen LogP) is 3.02. The van der Waals surface area contributed by atoms with Gasteiger partial charge in [0.1, 0.15) is 5.82 Å². The van der Waals surface area contributed by atoms with Gasteiger partial charge in [-0.3, -0.25) is 19.3 Å². The Bertz CT molecular complexity index is 1040. The number of nitrogens with zero attached hydrogens (tertiary/aromatic N) is 1. The lowest BCUT2D eigenvalue weighted by Gasteiger charge is -2.13. The summed E-state index contributed by atoms with van der Waals surface area (Å²) in [4.78, 5) is 38.1. The third-order valence-electron chi connectivity index (χ3n) is 4.28. The molecule has 2 aliphatic rings. The fourth-order valence-electron chi connectivity index (χ4n) is 2.86. The van der Waals surface area contributed by atoms with Crippen molar-refractivity contribution in [2.75, 3.05) is 19.9 Å². The van der Waals surface area contributed by atoms with Crippen LogP contribution in [0.2, 0.25) is 0 Å². The third-order valence-corrected chi connectivity index (χ3v) is 5.18. The second-order valence-electron chi connectivity index (χ2n) is 6.21. The molecule has 2 aromatic carbocycles. The van der Waals surface area contributed by atoms with E-state index in [1.807, 2.05) is 0 Å². The summed E-state index contributed by atoms with van der Waals surface area (Å²) in [5.74, 6) is -0.218. The number of rotatable bonds is 5. The Kier molecular flexibility index (Phi) is 5.22. The molecule has 1 saturated heterocycles. The predicted molar refractivity (Wildman–Crippen MR) is 104 cm³/mol. The van der Waals surface area contributed by atoms with Crippen molar-refractivity contribution in [3.8, 4) is 11.5 Å². The van der Waals surface area contributed by atoms with Crippen LogP contribution in [0.4, 0.5) is 9.18 Å². The molecule has 0 spiro atoms. The summed E-state index contributed by atoms with van der Waals surface area (Å²) in [5, 5.41) is 2.16. The van der Waals surface area contributed by atoms with Crippen molar-refractivity contribution in [1.29, 1.82) is 0 Å². The number of thioether (sulfide) groups is 1. The molecule has 2 aromatic rings. The highest BCUT2D eigenvalue weighted by Gasteiger charge is 2.34. The van der Waals surface area contributed by atoms with E-state index in [2.05, 4.69) is 5.32 Å². The molecule has 2 aliphatic heterocycles. The molecule has 148 valence electrons. The van der Waals surface area contributed by atoms with E-state index in [1.54, 1.807) is 24.3 Å². The molecular weight excluding hydrogens is 399 g/mol. The van der Waals surface area contributed by atoms with Crippen molar-refractivity contribution in [2.45, 2.75) is 0 Å². The lowest BCUT2D eigenvalue weighted by atomic mass is 10.2. The first-order chi connectivity index (χ1) is 14.0. The maximum atomic E-state index is 13.2. The summed E-state index contributed by atoms with van der Waals surface area (Å²) in [5.41, 5.74) is 0.876. The van der Waals surface area contributed by atoms with Crippen LogP contribution in [0, 0.1) is 5.82 Å². The standard InChI is InChI=1S/C20H15FN2O5S/c21-14-3-1-2-13(10-14)18(24)22-6-7-23-19(25)17(29-20(23)26)9-12-4-5-15-16(8-12)28-11-27-15/h1-5,8-10H,6-7,11H2,(H,22,24)/b17-9-. The van der Waals surface area contributed by atoms with E-state index in [0.717, 1.165) is 22.7 Å². The number of amides is 3. The Morgan fingerprint density at radius 1 is 1.17 bits per heavy atom. The van der Waals surface area contributed by atoms with Gasteiger partial charge in [0.05, 0.1) is 4.91 Å². The topological polar surface area (TPSA) is 84.9 Å². The molecule has 3 amide bonds. The molecule has 7 nitrogen and oxygen atoms in total. The quantitative estimate of drug-likeness (QED) is 0.757. The Labute approximate surface area is 169 Å². The normalized spacial score (nSPS) is 16.6. The highest BCUT2D eigenvalue weighted by Crippen LogP contribution is 2.36. The zero-order chi connectivity index (χ0) is 20.4. The first kappa shape index (κ1) is 19.0. The van der Waals surface area contributed by atoms with Gasteiger partial charge in [-0.1, -0.05) is 12.1 Å². The van der Waals surface area contributed by atoms with Crippen LogP contribution in [0.3, 0.4) is 0 Å². The molecular formula is C20H15FN2O5S. The lowest BCUT2D eigenvalue weighted by Crippen LogP contribution is -2.37. The molecule has 1 N–H and O–H groups in total. The summed E-state index contributed by atoms with van der Waals surface area (Å²) in [6.07, 6.45) is 1.61. The number of imide groups is 1. The van der Waals surface area contributed by atoms with E-state index >= 15 is 0 Å². The highest BCUT2D eigenvalue weighted by molar-refractivity contribution is 8.18. The number of nitrogens with one attached hydrogen (secondary N) is 1. The first-order valence-corrected chi connectivity index (χ1v) is 9.52. The number of benzene rings is 2. The fourth-order valence-corrected chi connectivity index (χ4v) is 3.73. The van der Waals surface area contributed by atoms with Gasteiger partial charge in [-0.05, 0) is 53.7 Å². The van der Waals surface area contributed by atoms with Crippen LogP contribution in [-0.2, 0) is 4.79 Å². The minimum atomic E-state index is -0.516. The number of fused-ring (bicyclic) bond motifs is 1. The average molecular weight is 414 g/mol. The largest absolute Gasteiger partial charge is 0.454 e. The van der Waals surface area contributed by atoms with E-state index in [4.69, 9.17) is 9.47 Å². The Balaban J connectivity index is 1.37. The maximum Gasteiger partial charge on any atom is 0.293 e. The Hall–Kier alpha value is -3.33. The Morgan fingerprint density at radius 2 is 2.00 bits per heavy atom. The van der Waals surface area contributed by atoms with Crippen LogP contribution in [0.25, 0.3) is 6.08 Å². The number of halogens is 1. The van der Waals surface area contributed by atoms with Gasteiger partial charge < -0.3 is 14.8 Å². The van der Waals surface area contributed by atoms with Crippen LogP contribution < -0.4 is 14.8 Å². The molecule has 0 unspecified atom stereocenters. The summed E-state index contributed by atoms with van der Waals surface area (Å²) in [6, 6.07) is 10.5. The SMILES string of the molecule is O=C(NCCN1C(=O)S/C(=C\c2ccc3c(c2)OCO3)C1=O)c1cccc(F)c1. The van der Waals surface area contributed by atoms with E-state index < -0.39 is 22.9 Å². The van der Waals surface area contributed by atoms with E-state index in [0.29, 0.717) is 17.1 Å². The number of hydrogen-bond acceptors (Lipinski definition) is 6. The summed E-state index contributed by atoms with van der Waals surface area (Å²) in [7, 11) is 0. The van der Waals surface area contributed by atoms with Gasteiger partial charge in [-0.15, -0.1) is 0 Å². The van der Waals surface area contributed by atoms with Crippen molar-refractivity contribution in [1.82, 2.24) is 10.2 Å². The monoisotopic (exact) mass is 414 g/mol. The lowest BCUT2D eigenvalue weighted by molar-refractivity contribution is -0.122. The number of carbonyl (C=O) groups excluding carboxylic acids is 3. The first-order valence-electron chi connectivity index (χ1n) is 8.70. The van der Waals surface area contributed by atoms with Crippen molar-refractivity contribution >= 4 is 34.9 Å². The van der Waals surface area contributed by atoms with Crippen molar-refractivity contribution in [3.05, 3.63) is 64.3 Å². The van der Waals surface area contributed by atoms with E-state index in [9.17, 15) is 18.8 Å². The second kappa shape index (κ2) is 7.96. The number of hydrogen-bond donors (Lipinski definition) is 1. The van der Waals surface area contributed by atoms with Gasteiger partial charge >= 0.3 is 0 Å². The molecule has 0 bridgehead atoms. The maximum absolute atomic E-state index is 13.2. The molecule has 2 heterocycles. The van der Waals surface area contributed by atoms with Gasteiger partial charge in [0.15, 0.2) is 11.5 Å². The zero-order valence-electron chi connectivity index (χ0n) is 15.0. The van der Waals surface area contributed by atoms with Gasteiger partial charge in [0, 0.05) is 18.7 Å². The molecule has 0 aliphatic carbocycles. The molecule has 0 saturated carbocycles. The van der Waals surface area contributed by atoms with Crippen molar-refractivity contribution in [2.24, 2.45) is 0 Å². The molecule has 0 atom stereocenters. The van der Waals surface area contributed by atoms with Crippen LogP contribution in [0.15, 0.2) is 47.4 Å². The average Bonchev–Trinajstić information content (AvgIpc) is 3.27. The van der Waals surface area contributed by atoms with E-state index in [-0.39, 0.29) is 30.4 Å². The molecule has 4 rings (SSSR count). The van der Waals surface area contributed by atoms with Crippen molar-refractivity contribution in [3.63, 3.8) is 0 Å². The van der Waals surface area contributed by atoms with Crippen molar-refractivity contribution < 1.29 is 28.2 Å². The second-order valence-corrected chi connectivity index (χ2v) is 7.21. The zero-order valence-corrected chi connectivity index (χ0v) is 15.8. The number of ether oxygens (including phenoxy) is 2. The van der Waals surface area contributed by atoms with Gasteiger partial charge in [0.2, 0.25) is 6.79 Å². The van der Waals surface area contributed by atoms with E-state index in [1.165, 1.54) is 18.2 Å². The van der Waals surface area contributed by atoms with Gasteiger partial charge in [0.25, 0.3) is 17.1 Å². The summed E-state index contributed by atoms with van der Waals surface area (Å²) < 4.78 is 23.7. The molecule has 1 fully saturated rings. The number of carbonyl (C=O) groups is 3. The van der Waals surface area contributed by atoms with Crippen LogP contribution in [0.1, 0.15) is 15.9 Å². The molecule has 0 aromatic heterocycles. The van der Waals surface area contributed by atoms with Crippen LogP contribution >= 0.6 is 11.8 Å². The summed E-state index contributed by atoms with van der Waals surface area (Å²) >= 11 is 0.831. The smallest absolute Gasteiger partial charge is 0.293 e. The van der Waals surface area contributed by atoms with Gasteiger partial charge in [-0.25, -0.2) is 4.39 Å². The minimum Gasteiger partial charge on any atom is -0.454 e. The van der Waals surface area contributed by atoms with Crippen LogP contribution in [-0.4, -0.2) is 41.8 Å². The third kappa shape index (κ3) is 4.09. The highest BCUT2D eigenvalue weighted by atomic mass is 32.2. The molecule has 0 radical (unpaired) electrons. The minimum absolute atomic E-state index is 0.0181. The fraction of sp³-hybridized carbons (Fsp3) is 0.150. The summed E-state index contributed by atoms with van der Waals surface area (Å²) in [6.45, 7) is 0.228. The molecule has 9 heteroatoms. The molecule has 29 heavy (non-hydrogen) atoms. The van der Waals surface area contributed by atoms with Crippen LogP contribution in [0.5, 0.6) is 11.5 Å².